The fourth-order valence-electron chi connectivity index (χ4n) is 3.36. The van der Waals surface area contributed by atoms with Gasteiger partial charge >= 0.3 is 0 Å². The number of anilines is 1. The number of carbonyl (C=O) groups is 2. The van der Waals surface area contributed by atoms with Crippen LogP contribution in [0, 0.1) is 17.7 Å². The van der Waals surface area contributed by atoms with Gasteiger partial charge in [-0.05, 0) is 56.0 Å². The van der Waals surface area contributed by atoms with E-state index in [1.54, 1.807) is 12.1 Å². The van der Waals surface area contributed by atoms with Crippen molar-refractivity contribution >= 4 is 17.5 Å². The molecule has 1 aliphatic carbocycles. The molecule has 7 heteroatoms. The van der Waals surface area contributed by atoms with Gasteiger partial charge in [-0.1, -0.05) is 0 Å². The average Bonchev–Trinajstić information content (AvgIpc) is 3.56. The van der Waals surface area contributed by atoms with Crippen molar-refractivity contribution in [2.24, 2.45) is 11.8 Å². The number of amides is 2. The molecule has 1 unspecified atom stereocenters. The van der Waals surface area contributed by atoms with Crippen molar-refractivity contribution < 1.29 is 18.7 Å². The molecule has 1 aliphatic heterocycles. The molecule has 1 aromatic heterocycles. The zero-order chi connectivity index (χ0) is 19.5. The summed E-state index contributed by atoms with van der Waals surface area (Å²) in [5, 5.41) is 2.87. The zero-order valence-electron chi connectivity index (χ0n) is 15.4. The van der Waals surface area contributed by atoms with Gasteiger partial charge in [-0.25, -0.2) is 9.37 Å². The summed E-state index contributed by atoms with van der Waals surface area (Å²) in [6, 6.07) is 9.01. The second-order valence-corrected chi connectivity index (χ2v) is 7.33. The minimum atomic E-state index is -0.335. The highest BCUT2D eigenvalue weighted by Gasteiger charge is 2.36. The molecule has 1 atom stereocenters. The van der Waals surface area contributed by atoms with Crippen LogP contribution in [0.15, 0.2) is 42.6 Å². The number of nitrogens with zero attached hydrogens (tertiary/aromatic N) is 2. The molecule has 2 fully saturated rings. The standard InChI is InChI=1S/C21H22FN3O3/c22-16-5-8-18(9-6-16)28-19-10-7-17(12-23-19)24-20(26)15-2-1-11-25(13-15)21(27)14-3-4-14/h5-10,12,14-15H,1-4,11,13H2,(H,24,26). The Morgan fingerprint density at radius 1 is 1.07 bits per heavy atom. The van der Waals surface area contributed by atoms with Gasteiger partial charge in [0.05, 0.1) is 17.8 Å². The number of hydrogen-bond acceptors (Lipinski definition) is 4. The van der Waals surface area contributed by atoms with Gasteiger partial charge in [0.25, 0.3) is 0 Å². The number of rotatable bonds is 5. The van der Waals surface area contributed by atoms with Crippen LogP contribution in [0.2, 0.25) is 0 Å². The first kappa shape index (κ1) is 18.4. The summed E-state index contributed by atoms with van der Waals surface area (Å²) in [5.74, 6) is 0.574. The first-order chi connectivity index (χ1) is 13.6. The molecule has 2 amide bonds. The van der Waals surface area contributed by atoms with E-state index in [-0.39, 0.29) is 29.5 Å². The summed E-state index contributed by atoms with van der Waals surface area (Å²) in [7, 11) is 0. The Morgan fingerprint density at radius 3 is 2.54 bits per heavy atom. The summed E-state index contributed by atoms with van der Waals surface area (Å²) in [6.07, 6.45) is 5.10. The Kier molecular flexibility index (Phi) is 5.23. The number of carbonyl (C=O) groups excluding carboxylic acids is 2. The normalized spacial score (nSPS) is 19.2. The van der Waals surface area contributed by atoms with Gasteiger partial charge in [0.15, 0.2) is 0 Å². The van der Waals surface area contributed by atoms with Gasteiger partial charge in [-0.3, -0.25) is 9.59 Å². The number of likely N-dealkylation sites (tertiary alicyclic amines) is 1. The second kappa shape index (κ2) is 7.96. The van der Waals surface area contributed by atoms with Crippen molar-refractivity contribution in [3.05, 3.63) is 48.4 Å². The Bertz CT molecular complexity index is 850. The maximum atomic E-state index is 12.9. The number of piperidine rings is 1. The summed E-state index contributed by atoms with van der Waals surface area (Å²) < 4.78 is 18.5. The number of halogens is 1. The van der Waals surface area contributed by atoms with Crippen LogP contribution < -0.4 is 10.1 Å². The SMILES string of the molecule is O=C(Nc1ccc(Oc2ccc(F)cc2)nc1)C1CCCN(C(=O)C2CC2)C1. The third kappa shape index (κ3) is 4.47. The molecule has 2 heterocycles. The number of ether oxygens (including phenoxy) is 1. The van der Waals surface area contributed by atoms with Crippen molar-refractivity contribution in [2.45, 2.75) is 25.7 Å². The molecule has 2 aromatic rings. The molecule has 1 saturated heterocycles. The summed E-state index contributed by atoms with van der Waals surface area (Å²) >= 11 is 0. The smallest absolute Gasteiger partial charge is 0.229 e. The van der Waals surface area contributed by atoms with Gasteiger partial charge in [0.2, 0.25) is 17.7 Å². The van der Waals surface area contributed by atoms with Gasteiger partial charge in [-0.15, -0.1) is 0 Å². The highest BCUT2D eigenvalue weighted by Crippen LogP contribution is 2.32. The maximum absolute atomic E-state index is 12.9. The highest BCUT2D eigenvalue weighted by molar-refractivity contribution is 5.93. The number of pyridine rings is 1. The number of hydrogen-bond donors (Lipinski definition) is 1. The fraction of sp³-hybridized carbons (Fsp3) is 0.381. The van der Waals surface area contributed by atoms with E-state index in [1.165, 1.54) is 30.5 Å². The van der Waals surface area contributed by atoms with E-state index < -0.39 is 0 Å². The molecule has 28 heavy (non-hydrogen) atoms. The summed E-state index contributed by atoms with van der Waals surface area (Å²) in [4.78, 5) is 30.8. The lowest BCUT2D eigenvalue weighted by atomic mass is 9.96. The van der Waals surface area contributed by atoms with Gasteiger partial charge < -0.3 is 15.0 Å². The lowest BCUT2D eigenvalue weighted by molar-refractivity contribution is -0.135. The van der Waals surface area contributed by atoms with Crippen molar-refractivity contribution in [3.8, 4) is 11.6 Å². The fourth-order valence-corrected chi connectivity index (χ4v) is 3.36. The predicted octanol–water partition coefficient (Wildman–Crippen LogP) is 3.60. The van der Waals surface area contributed by atoms with Crippen molar-refractivity contribution in [2.75, 3.05) is 18.4 Å². The molecular formula is C21H22FN3O3. The third-order valence-corrected chi connectivity index (χ3v) is 5.07. The molecule has 6 nitrogen and oxygen atoms in total. The van der Waals surface area contributed by atoms with E-state index in [4.69, 9.17) is 4.74 Å². The molecule has 2 aliphatic rings. The maximum Gasteiger partial charge on any atom is 0.229 e. The van der Waals surface area contributed by atoms with E-state index in [0.717, 1.165) is 32.2 Å². The van der Waals surface area contributed by atoms with Crippen LogP contribution in [0.3, 0.4) is 0 Å². The summed E-state index contributed by atoms with van der Waals surface area (Å²) in [6.45, 7) is 1.23. The number of aromatic nitrogens is 1. The van der Waals surface area contributed by atoms with Crippen LogP contribution in [0.1, 0.15) is 25.7 Å². The quantitative estimate of drug-likeness (QED) is 0.856. The molecule has 1 aromatic carbocycles. The van der Waals surface area contributed by atoms with Gasteiger partial charge in [0.1, 0.15) is 11.6 Å². The first-order valence-corrected chi connectivity index (χ1v) is 9.57. The van der Waals surface area contributed by atoms with Crippen LogP contribution in [-0.2, 0) is 9.59 Å². The molecule has 0 spiro atoms. The average molecular weight is 383 g/mol. The molecular weight excluding hydrogens is 361 g/mol. The molecule has 1 N–H and O–H groups in total. The van der Waals surface area contributed by atoms with Crippen LogP contribution in [0.25, 0.3) is 0 Å². The Morgan fingerprint density at radius 2 is 1.86 bits per heavy atom. The second-order valence-electron chi connectivity index (χ2n) is 7.33. The molecule has 0 radical (unpaired) electrons. The van der Waals surface area contributed by atoms with E-state index >= 15 is 0 Å². The monoisotopic (exact) mass is 383 g/mol. The lowest BCUT2D eigenvalue weighted by Gasteiger charge is -2.32. The highest BCUT2D eigenvalue weighted by atomic mass is 19.1. The molecule has 1 saturated carbocycles. The Balaban J connectivity index is 1.32. The molecule has 4 rings (SSSR count). The van der Waals surface area contributed by atoms with Crippen molar-refractivity contribution in [1.82, 2.24) is 9.88 Å². The van der Waals surface area contributed by atoms with E-state index in [1.807, 2.05) is 4.90 Å². The Labute approximate surface area is 162 Å². The number of benzene rings is 1. The zero-order valence-corrected chi connectivity index (χ0v) is 15.4. The van der Waals surface area contributed by atoms with Crippen LogP contribution >= 0.6 is 0 Å². The Hall–Kier alpha value is -2.96. The number of nitrogens with one attached hydrogen (secondary N) is 1. The molecule has 0 bridgehead atoms. The predicted molar refractivity (Wildman–Crippen MR) is 101 cm³/mol. The van der Waals surface area contributed by atoms with E-state index in [0.29, 0.717) is 23.9 Å². The van der Waals surface area contributed by atoms with E-state index in [2.05, 4.69) is 10.3 Å². The van der Waals surface area contributed by atoms with Crippen LogP contribution in [0.5, 0.6) is 11.6 Å². The topological polar surface area (TPSA) is 71.5 Å². The largest absolute Gasteiger partial charge is 0.439 e. The van der Waals surface area contributed by atoms with Gasteiger partial charge in [-0.2, -0.15) is 0 Å². The van der Waals surface area contributed by atoms with Gasteiger partial charge in [0, 0.05) is 25.1 Å². The molecule has 146 valence electrons. The van der Waals surface area contributed by atoms with Crippen LogP contribution in [-0.4, -0.2) is 34.8 Å². The van der Waals surface area contributed by atoms with Crippen molar-refractivity contribution in [3.63, 3.8) is 0 Å². The first-order valence-electron chi connectivity index (χ1n) is 9.57. The van der Waals surface area contributed by atoms with E-state index in [9.17, 15) is 14.0 Å². The summed E-state index contributed by atoms with van der Waals surface area (Å²) in [5.41, 5.74) is 0.571. The minimum absolute atomic E-state index is 0.0951. The minimum Gasteiger partial charge on any atom is -0.439 e. The third-order valence-electron chi connectivity index (χ3n) is 5.07. The van der Waals surface area contributed by atoms with Crippen LogP contribution in [0.4, 0.5) is 10.1 Å². The van der Waals surface area contributed by atoms with Crippen molar-refractivity contribution in [1.29, 1.82) is 0 Å². The lowest BCUT2D eigenvalue weighted by Crippen LogP contribution is -2.44.